The Labute approximate surface area is 129 Å². The zero-order valence-corrected chi connectivity index (χ0v) is 13.8. The first-order valence-corrected chi connectivity index (χ1v) is 8.28. The second-order valence-corrected chi connectivity index (χ2v) is 7.78. The highest BCUT2D eigenvalue weighted by atomic mass is 16.3. The Morgan fingerprint density at radius 2 is 2.14 bits per heavy atom. The third-order valence-electron chi connectivity index (χ3n) is 6.37. The van der Waals surface area contributed by atoms with E-state index in [0.717, 1.165) is 37.5 Å². The molecule has 0 radical (unpaired) electrons. The number of carbonyl (C=O) groups is 1. The van der Waals surface area contributed by atoms with Crippen LogP contribution in [0.2, 0.25) is 0 Å². The first-order valence-electron chi connectivity index (χ1n) is 8.28. The molecule has 21 heavy (non-hydrogen) atoms. The highest BCUT2D eigenvalue weighted by Gasteiger charge is 2.53. The Morgan fingerprint density at radius 3 is 2.76 bits per heavy atom. The summed E-state index contributed by atoms with van der Waals surface area (Å²) in [4.78, 5) is 10.8. The molecule has 1 N–H and O–H groups in total. The molecule has 0 aromatic carbocycles. The number of hydrogen-bond donors (Lipinski definition) is 1. The number of aldehydes is 1. The Morgan fingerprint density at radius 1 is 1.43 bits per heavy atom. The highest BCUT2D eigenvalue weighted by Crippen LogP contribution is 2.61. The van der Waals surface area contributed by atoms with E-state index in [9.17, 15) is 9.90 Å². The van der Waals surface area contributed by atoms with Crippen molar-refractivity contribution >= 4 is 6.29 Å². The summed E-state index contributed by atoms with van der Waals surface area (Å²) in [5.74, 6) is 1.00. The lowest BCUT2D eigenvalue weighted by Crippen LogP contribution is -2.51. The van der Waals surface area contributed by atoms with E-state index in [1.807, 2.05) is 6.92 Å². The van der Waals surface area contributed by atoms with Gasteiger partial charge in [0, 0.05) is 6.61 Å². The molecule has 0 bridgehead atoms. The van der Waals surface area contributed by atoms with E-state index in [1.165, 1.54) is 18.4 Å². The molecule has 2 saturated carbocycles. The molecule has 0 saturated heterocycles. The summed E-state index contributed by atoms with van der Waals surface area (Å²) in [5, 5.41) is 9.93. The van der Waals surface area contributed by atoms with E-state index in [1.54, 1.807) is 0 Å². The van der Waals surface area contributed by atoms with Crippen molar-refractivity contribution in [3.05, 3.63) is 23.8 Å². The van der Waals surface area contributed by atoms with E-state index in [2.05, 4.69) is 26.5 Å². The van der Waals surface area contributed by atoms with Crippen LogP contribution in [0, 0.1) is 22.7 Å². The van der Waals surface area contributed by atoms with Crippen LogP contribution in [0.5, 0.6) is 0 Å². The summed E-state index contributed by atoms with van der Waals surface area (Å²) in [6.45, 7) is 11.1. The number of allylic oxidation sites excluding steroid dienone is 3. The average Bonchev–Trinajstić information content (AvgIpc) is 2.45. The molecule has 0 spiro atoms. The van der Waals surface area contributed by atoms with E-state index >= 15 is 0 Å². The molecule has 4 atom stereocenters. The molecule has 2 aliphatic rings. The summed E-state index contributed by atoms with van der Waals surface area (Å²) >= 11 is 0. The minimum Gasteiger partial charge on any atom is -0.396 e. The first kappa shape index (κ1) is 16.5. The van der Waals surface area contributed by atoms with Crippen LogP contribution in [0.3, 0.4) is 0 Å². The molecule has 2 fully saturated rings. The van der Waals surface area contributed by atoms with Crippen molar-refractivity contribution in [2.75, 3.05) is 6.61 Å². The zero-order chi connectivity index (χ0) is 15.7. The maximum atomic E-state index is 10.8. The van der Waals surface area contributed by atoms with Gasteiger partial charge in [-0.2, -0.15) is 0 Å². The standard InChI is InChI=1S/C19H30O2/c1-14(12-20)6-8-16-15(2)7-9-17-18(3,13-21)10-5-11-19(16,17)4/h6,12,16-17,21H,2,5,7-11,13H2,1,3-4H3/b14-6+/t16-,17-,18-,19+/m0/s1. The van der Waals surface area contributed by atoms with Gasteiger partial charge < -0.3 is 5.11 Å². The minimum atomic E-state index is 0.0510. The van der Waals surface area contributed by atoms with Crippen molar-refractivity contribution < 1.29 is 9.90 Å². The van der Waals surface area contributed by atoms with Gasteiger partial charge in [0.1, 0.15) is 6.29 Å². The Bertz CT molecular complexity index is 450. The molecular formula is C19H30O2. The van der Waals surface area contributed by atoms with E-state index in [-0.39, 0.29) is 17.4 Å². The van der Waals surface area contributed by atoms with Crippen LogP contribution in [-0.2, 0) is 4.79 Å². The fraction of sp³-hybridized carbons (Fsp3) is 0.737. The Hall–Kier alpha value is -0.890. The lowest BCUT2D eigenvalue weighted by molar-refractivity contribution is -0.104. The average molecular weight is 290 g/mol. The normalized spacial score (nSPS) is 40.8. The van der Waals surface area contributed by atoms with Gasteiger partial charge in [-0.15, -0.1) is 0 Å². The number of carbonyl (C=O) groups excluding carboxylic acids is 1. The molecule has 2 nitrogen and oxygen atoms in total. The largest absolute Gasteiger partial charge is 0.396 e. The Balaban J connectivity index is 2.31. The van der Waals surface area contributed by atoms with Crippen LogP contribution in [0.1, 0.15) is 59.3 Å². The minimum absolute atomic E-state index is 0.0510. The first-order chi connectivity index (χ1) is 9.87. The van der Waals surface area contributed by atoms with Crippen LogP contribution in [0.4, 0.5) is 0 Å². The quantitative estimate of drug-likeness (QED) is 0.476. The van der Waals surface area contributed by atoms with Gasteiger partial charge in [0.25, 0.3) is 0 Å². The molecule has 2 aliphatic carbocycles. The summed E-state index contributed by atoms with van der Waals surface area (Å²) in [7, 11) is 0. The van der Waals surface area contributed by atoms with Crippen molar-refractivity contribution in [2.45, 2.75) is 59.3 Å². The van der Waals surface area contributed by atoms with Gasteiger partial charge >= 0.3 is 0 Å². The topological polar surface area (TPSA) is 37.3 Å². The lowest BCUT2D eigenvalue weighted by Gasteiger charge is -2.58. The van der Waals surface area contributed by atoms with Gasteiger partial charge in [0.05, 0.1) is 0 Å². The number of aliphatic hydroxyl groups is 1. The third kappa shape index (κ3) is 2.88. The van der Waals surface area contributed by atoms with Crippen molar-refractivity contribution in [3.63, 3.8) is 0 Å². The van der Waals surface area contributed by atoms with Crippen LogP contribution < -0.4 is 0 Å². The van der Waals surface area contributed by atoms with Crippen molar-refractivity contribution in [1.82, 2.24) is 0 Å². The van der Waals surface area contributed by atoms with E-state index in [0.29, 0.717) is 11.8 Å². The smallest absolute Gasteiger partial charge is 0.145 e. The highest BCUT2D eigenvalue weighted by molar-refractivity contribution is 5.71. The molecule has 118 valence electrons. The summed E-state index contributed by atoms with van der Waals surface area (Å²) in [6.07, 6.45) is 9.67. The maximum Gasteiger partial charge on any atom is 0.145 e. The molecule has 0 unspecified atom stereocenters. The van der Waals surface area contributed by atoms with Gasteiger partial charge in [-0.1, -0.05) is 38.5 Å². The summed E-state index contributed by atoms with van der Waals surface area (Å²) < 4.78 is 0. The van der Waals surface area contributed by atoms with Crippen LogP contribution in [0.15, 0.2) is 23.8 Å². The second kappa shape index (κ2) is 6.08. The van der Waals surface area contributed by atoms with Crippen LogP contribution in [0.25, 0.3) is 0 Å². The lowest BCUT2D eigenvalue weighted by atomic mass is 9.47. The number of rotatable bonds is 4. The predicted molar refractivity (Wildman–Crippen MR) is 86.9 cm³/mol. The van der Waals surface area contributed by atoms with E-state index in [4.69, 9.17) is 0 Å². The van der Waals surface area contributed by atoms with Crippen molar-refractivity contribution in [1.29, 1.82) is 0 Å². The second-order valence-electron chi connectivity index (χ2n) is 7.78. The van der Waals surface area contributed by atoms with Crippen LogP contribution in [-0.4, -0.2) is 18.0 Å². The maximum absolute atomic E-state index is 10.8. The van der Waals surface area contributed by atoms with Gasteiger partial charge in [-0.25, -0.2) is 0 Å². The molecule has 0 aromatic rings. The molecule has 0 amide bonds. The SMILES string of the molecule is C=C1CC[C@H]2[C@](C)(CO)CCC[C@]2(C)[C@H]1C/C=C(\C)C=O. The molecule has 0 heterocycles. The molecular weight excluding hydrogens is 260 g/mol. The fourth-order valence-electron chi connectivity index (χ4n) is 5.06. The summed E-state index contributed by atoms with van der Waals surface area (Å²) in [5.41, 5.74) is 2.42. The van der Waals surface area contributed by atoms with Crippen molar-refractivity contribution in [3.8, 4) is 0 Å². The van der Waals surface area contributed by atoms with Gasteiger partial charge in [0.2, 0.25) is 0 Å². The van der Waals surface area contributed by atoms with E-state index < -0.39 is 0 Å². The Kier molecular flexibility index (Phi) is 4.77. The van der Waals surface area contributed by atoms with Gasteiger partial charge in [-0.3, -0.25) is 4.79 Å². The fourth-order valence-corrected chi connectivity index (χ4v) is 5.06. The number of hydrogen-bond acceptors (Lipinski definition) is 2. The molecule has 2 heteroatoms. The molecule has 0 aliphatic heterocycles. The van der Waals surface area contributed by atoms with Gasteiger partial charge in [0.15, 0.2) is 0 Å². The van der Waals surface area contributed by atoms with Gasteiger partial charge in [-0.05, 0) is 67.3 Å². The monoisotopic (exact) mass is 290 g/mol. The summed E-state index contributed by atoms with van der Waals surface area (Å²) in [6, 6.07) is 0. The number of aliphatic hydroxyl groups excluding tert-OH is 1. The molecule has 2 rings (SSSR count). The molecule has 0 aromatic heterocycles. The van der Waals surface area contributed by atoms with Crippen LogP contribution >= 0.6 is 0 Å². The third-order valence-corrected chi connectivity index (χ3v) is 6.37. The predicted octanol–water partition coefficient (Wildman–Crippen LogP) is 4.29. The van der Waals surface area contributed by atoms with Crippen molar-refractivity contribution in [2.24, 2.45) is 22.7 Å². The number of fused-ring (bicyclic) bond motifs is 1. The zero-order valence-electron chi connectivity index (χ0n) is 13.8.